The molecule has 2 aromatic rings. The predicted octanol–water partition coefficient (Wildman–Crippen LogP) is 2.46. The van der Waals surface area contributed by atoms with Crippen LogP contribution >= 0.6 is 0 Å². The second kappa shape index (κ2) is 5.28. The fourth-order valence-electron chi connectivity index (χ4n) is 1.82. The van der Waals surface area contributed by atoms with Crippen LogP contribution in [0.25, 0.3) is 11.3 Å². The topological polar surface area (TPSA) is 64.3 Å². The molecule has 0 aliphatic heterocycles. The zero-order chi connectivity index (χ0) is 14.9. The number of hydrogen-bond acceptors (Lipinski definition) is 3. The highest BCUT2D eigenvalue weighted by molar-refractivity contribution is 5.87. The normalized spacial score (nSPS) is 10.6. The van der Waals surface area contributed by atoms with Crippen LogP contribution in [0, 0.1) is 11.6 Å². The number of hydrogen-bond donors (Lipinski definition) is 1. The summed E-state index contributed by atoms with van der Waals surface area (Å²) in [7, 11) is 1.45. The van der Waals surface area contributed by atoms with Gasteiger partial charge in [-0.3, -0.25) is 4.68 Å². The Morgan fingerprint density at radius 2 is 2.10 bits per heavy atom. The van der Waals surface area contributed by atoms with Crippen LogP contribution in [0.3, 0.4) is 0 Å². The molecule has 0 saturated carbocycles. The molecule has 0 saturated heterocycles. The number of carboxylic acids is 1. The first kappa shape index (κ1) is 14.0. The first-order valence-electron chi connectivity index (χ1n) is 5.84. The van der Waals surface area contributed by atoms with Crippen LogP contribution < -0.4 is 4.74 Å². The first-order valence-corrected chi connectivity index (χ1v) is 5.84. The average Bonchev–Trinajstić information content (AvgIpc) is 2.78. The number of rotatable bonds is 4. The van der Waals surface area contributed by atoms with Gasteiger partial charge in [0.25, 0.3) is 0 Å². The van der Waals surface area contributed by atoms with Gasteiger partial charge in [-0.25, -0.2) is 9.18 Å². The van der Waals surface area contributed by atoms with E-state index in [1.54, 1.807) is 6.92 Å². The number of aromatic nitrogens is 2. The molecule has 0 aliphatic carbocycles. The zero-order valence-electron chi connectivity index (χ0n) is 10.9. The van der Waals surface area contributed by atoms with E-state index in [0.717, 1.165) is 0 Å². The number of carboxylic acid groups (broad SMARTS) is 1. The summed E-state index contributed by atoms with van der Waals surface area (Å²) in [5, 5.41) is 12.6. The van der Waals surface area contributed by atoms with Crippen molar-refractivity contribution in [3.63, 3.8) is 0 Å². The quantitative estimate of drug-likeness (QED) is 0.935. The lowest BCUT2D eigenvalue weighted by molar-refractivity contribution is 0.0689. The number of benzene rings is 1. The number of aryl methyl sites for hydroxylation is 1. The lowest BCUT2D eigenvalue weighted by Crippen LogP contribution is -2.01. The molecular weight excluding hydrogens is 270 g/mol. The lowest BCUT2D eigenvalue weighted by Gasteiger charge is -2.09. The SMILES string of the molecule is CCOc1ccc(-c2cc(C(=O)O)nn2C)c(F)c1F. The monoisotopic (exact) mass is 282 g/mol. The van der Waals surface area contributed by atoms with Gasteiger partial charge in [-0.15, -0.1) is 0 Å². The molecule has 1 aromatic carbocycles. The number of nitrogens with zero attached hydrogens (tertiary/aromatic N) is 2. The van der Waals surface area contributed by atoms with E-state index in [9.17, 15) is 13.6 Å². The lowest BCUT2D eigenvalue weighted by atomic mass is 10.1. The summed E-state index contributed by atoms with van der Waals surface area (Å²) in [5.74, 6) is -3.63. The van der Waals surface area contributed by atoms with E-state index >= 15 is 0 Å². The maximum Gasteiger partial charge on any atom is 0.356 e. The summed E-state index contributed by atoms with van der Waals surface area (Å²) < 4.78 is 33.9. The van der Waals surface area contributed by atoms with Gasteiger partial charge in [0.1, 0.15) is 0 Å². The minimum Gasteiger partial charge on any atom is -0.491 e. The van der Waals surface area contributed by atoms with Crippen LogP contribution in [0.1, 0.15) is 17.4 Å². The van der Waals surface area contributed by atoms with Crippen molar-refractivity contribution in [3.05, 3.63) is 35.5 Å². The maximum atomic E-state index is 14.0. The van der Waals surface area contributed by atoms with Crippen LogP contribution in [0.2, 0.25) is 0 Å². The predicted molar refractivity (Wildman–Crippen MR) is 66.7 cm³/mol. The third kappa shape index (κ3) is 2.34. The number of carbonyl (C=O) groups is 1. The standard InChI is InChI=1S/C13H12F2N2O3/c1-3-20-10-5-4-7(11(14)12(10)15)9-6-8(13(18)19)16-17(9)2/h4-6H,3H2,1-2H3,(H,18,19). The van der Waals surface area contributed by atoms with Crippen LogP contribution in [0.4, 0.5) is 8.78 Å². The molecule has 0 unspecified atom stereocenters. The average molecular weight is 282 g/mol. The van der Waals surface area contributed by atoms with Crippen molar-refractivity contribution >= 4 is 5.97 Å². The number of aromatic carboxylic acids is 1. The molecule has 5 nitrogen and oxygen atoms in total. The summed E-state index contributed by atoms with van der Waals surface area (Å²) in [6, 6.07) is 3.80. The van der Waals surface area contributed by atoms with Gasteiger partial charge in [0.05, 0.1) is 12.3 Å². The zero-order valence-corrected chi connectivity index (χ0v) is 10.9. The molecule has 2 rings (SSSR count). The molecule has 0 amide bonds. The van der Waals surface area contributed by atoms with Crippen molar-refractivity contribution in [2.75, 3.05) is 6.61 Å². The number of ether oxygens (including phenoxy) is 1. The molecule has 0 atom stereocenters. The Morgan fingerprint density at radius 3 is 2.65 bits per heavy atom. The largest absolute Gasteiger partial charge is 0.491 e. The summed E-state index contributed by atoms with van der Waals surface area (Å²) in [5.41, 5.74) is -0.147. The Bertz CT molecular complexity index is 668. The second-order valence-corrected chi connectivity index (χ2v) is 4.02. The third-order valence-corrected chi connectivity index (χ3v) is 2.72. The Kier molecular flexibility index (Phi) is 3.69. The van der Waals surface area contributed by atoms with Gasteiger partial charge in [-0.1, -0.05) is 0 Å². The molecule has 20 heavy (non-hydrogen) atoms. The van der Waals surface area contributed by atoms with E-state index in [1.165, 1.54) is 29.9 Å². The Morgan fingerprint density at radius 1 is 1.40 bits per heavy atom. The second-order valence-electron chi connectivity index (χ2n) is 4.02. The Labute approximate surface area is 113 Å². The van der Waals surface area contributed by atoms with Gasteiger partial charge in [0, 0.05) is 12.6 Å². The van der Waals surface area contributed by atoms with E-state index in [-0.39, 0.29) is 29.3 Å². The molecule has 7 heteroatoms. The summed E-state index contributed by atoms with van der Waals surface area (Å²) in [6.45, 7) is 1.87. The molecule has 0 radical (unpaired) electrons. The van der Waals surface area contributed by atoms with Crippen LogP contribution in [-0.2, 0) is 7.05 Å². The third-order valence-electron chi connectivity index (χ3n) is 2.72. The van der Waals surface area contributed by atoms with E-state index in [0.29, 0.717) is 0 Å². The molecule has 0 spiro atoms. The van der Waals surface area contributed by atoms with Crippen LogP contribution in [0.15, 0.2) is 18.2 Å². The van der Waals surface area contributed by atoms with Crippen molar-refractivity contribution in [1.29, 1.82) is 0 Å². The molecule has 1 N–H and O–H groups in total. The van der Waals surface area contributed by atoms with E-state index < -0.39 is 17.6 Å². The molecule has 0 bridgehead atoms. The van der Waals surface area contributed by atoms with Gasteiger partial charge in [0.15, 0.2) is 17.3 Å². The summed E-state index contributed by atoms with van der Waals surface area (Å²) >= 11 is 0. The fraction of sp³-hybridized carbons (Fsp3) is 0.231. The highest BCUT2D eigenvalue weighted by atomic mass is 19.2. The molecular formula is C13H12F2N2O3. The van der Waals surface area contributed by atoms with Gasteiger partial charge in [-0.2, -0.15) is 9.49 Å². The van der Waals surface area contributed by atoms with E-state index in [2.05, 4.69) is 5.10 Å². The molecule has 1 aromatic heterocycles. The van der Waals surface area contributed by atoms with Crippen molar-refractivity contribution in [3.8, 4) is 17.0 Å². The minimum atomic E-state index is -1.24. The molecule has 106 valence electrons. The smallest absolute Gasteiger partial charge is 0.356 e. The van der Waals surface area contributed by atoms with Gasteiger partial charge in [0.2, 0.25) is 5.82 Å². The van der Waals surface area contributed by atoms with E-state index in [4.69, 9.17) is 9.84 Å². The first-order chi connectivity index (χ1) is 9.45. The minimum absolute atomic E-state index is 0.0755. The highest BCUT2D eigenvalue weighted by Crippen LogP contribution is 2.30. The summed E-state index contributed by atoms with van der Waals surface area (Å²) in [6.07, 6.45) is 0. The van der Waals surface area contributed by atoms with Gasteiger partial charge < -0.3 is 9.84 Å². The molecule has 0 aliphatic rings. The Hall–Kier alpha value is -2.44. The van der Waals surface area contributed by atoms with Crippen LogP contribution in [0.5, 0.6) is 5.75 Å². The Balaban J connectivity index is 2.53. The van der Waals surface area contributed by atoms with Gasteiger partial charge in [-0.05, 0) is 25.1 Å². The van der Waals surface area contributed by atoms with Crippen molar-refractivity contribution in [1.82, 2.24) is 9.78 Å². The van der Waals surface area contributed by atoms with Crippen molar-refractivity contribution in [2.24, 2.45) is 7.05 Å². The number of halogens is 2. The molecule has 1 heterocycles. The maximum absolute atomic E-state index is 14.0. The summed E-state index contributed by atoms with van der Waals surface area (Å²) in [4.78, 5) is 10.8. The van der Waals surface area contributed by atoms with Crippen molar-refractivity contribution in [2.45, 2.75) is 6.92 Å². The van der Waals surface area contributed by atoms with E-state index in [1.807, 2.05) is 0 Å². The molecule has 0 fully saturated rings. The highest BCUT2D eigenvalue weighted by Gasteiger charge is 2.20. The van der Waals surface area contributed by atoms with Crippen LogP contribution in [-0.4, -0.2) is 27.5 Å². The fourth-order valence-corrected chi connectivity index (χ4v) is 1.82. The van der Waals surface area contributed by atoms with Gasteiger partial charge >= 0.3 is 5.97 Å². The van der Waals surface area contributed by atoms with Crippen molar-refractivity contribution < 1.29 is 23.4 Å².